The van der Waals surface area contributed by atoms with Crippen molar-refractivity contribution in [2.75, 3.05) is 6.61 Å². The number of phenolic OH excluding ortho intramolecular Hbond substituents is 1. The van der Waals surface area contributed by atoms with Gasteiger partial charge in [-0.3, -0.25) is 4.79 Å². The summed E-state index contributed by atoms with van der Waals surface area (Å²) in [6.45, 7) is 5.87. The smallest absolute Gasteiger partial charge is 0.311 e. The summed E-state index contributed by atoms with van der Waals surface area (Å²) in [5.74, 6) is 0.0802. The summed E-state index contributed by atoms with van der Waals surface area (Å²) >= 11 is 0. The van der Waals surface area contributed by atoms with Crippen molar-refractivity contribution >= 4 is 16.7 Å². The topological polar surface area (TPSA) is 46.5 Å². The third-order valence-corrected chi connectivity index (χ3v) is 3.21. The van der Waals surface area contributed by atoms with E-state index in [1.54, 1.807) is 6.07 Å². The second-order valence-corrected chi connectivity index (χ2v) is 5.93. The van der Waals surface area contributed by atoms with E-state index in [1.807, 2.05) is 51.1 Å². The van der Waals surface area contributed by atoms with Crippen LogP contribution in [0, 0.1) is 5.41 Å². The number of carbonyl (C=O) groups is 1. The molecule has 2 rings (SSSR count). The molecule has 2 aromatic rings. The molecule has 0 radical (unpaired) electrons. The zero-order valence-corrected chi connectivity index (χ0v) is 12.1. The van der Waals surface area contributed by atoms with E-state index in [4.69, 9.17) is 4.74 Å². The Morgan fingerprint density at radius 2 is 1.75 bits per heavy atom. The first kappa shape index (κ1) is 14.4. The highest BCUT2D eigenvalue weighted by Crippen LogP contribution is 2.27. The fourth-order valence-corrected chi connectivity index (χ4v) is 2.05. The Kier molecular flexibility index (Phi) is 3.98. The maximum Gasteiger partial charge on any atom is 0.311 e. The monoisotopic (exact) mass is 272 g/mol. The molecule has 0 amide bonds. The fourth-order valence-electron chi connectivity index (χ4n) is 2.05. The summed E-state index contributed by atoms with van der Waals surface area (Å²) < 4.78 is 5.29. The predicted molar refractivity (Wildman–Crippen MR) is 79.7 cm³/mol. The molecular formula is C17H20O3. The maximum absolute atomic E-state index is 11.7. The molecule has 0 saturated heterocycles. The number of rotatable bonds is 3. The standard InChI is InChI=1S/C17H20O3/c1-17(2,3)16(19)20-11-10-12-6-4-8-14-13(12)7-5-9-15(14)18/h4-9,18H,10-11H2,1-3H3. The van der Waals surface area contributed by atoms with Gasteiger partial charge in [-0.15, -0.1) is 0 Å². The van der Waals surface area contributed by atoms with Gasteiger partial charge in [-0.05, 0) is 37.8 Å². The zero-order chi connectivity index (χ0) is 14.8. The summed E-state index contributed by atoms with van der Waals surface area (Å²) in [7, 11) is 0. The number of benzene rings is 2. The molecule has 0 aliphatic carbocycles. The lowest BCUT2D eigenvalue weighted by Crippen LogP contribution is -2.23. The van der Waals surface area contributed by atoms with Crippen LogP contribution in [0.2, 0.25) is 0 Å². The van der Waals surface area contributed by atoms with Crippen LogP contribution in [0.3, 0.4) is 0 Å². The van der Waals surface area contributed by atoms with Crippen molar-refractivity contribution in [3.63, 3.8) is 0 Å². The molecule has 2 aromatic carbocycles. The van der Waals surface area contributed by atoms with Crippen LogP contribution in [-0.2, 0) is 16.0 Å². The zero-order valence-electron chi connectivity index (χ0n) is 12.1. The third-order valence-electron chi connectivity index (χ3n) is 3.21. The van der Waals surface area contributed by atoms with Crippen molar-refractivity contribution in [2.24, 2.45) is 5.41 Å². The van der Waals surface area contributed by atoms with E-state index in [0.717, 1.165) is 16.3 Å². The van der Waals surface area contributed by atoms with Crippen LogP contribution in [0.4, 0.5) is 0 Å². The Morgan fingerprint density at radius 3 is 2.45 bits per heavy atom. The number of phenols is 1. The van der Waals surface area contributed by atoms with Gasteiger partial charge in [-0.1, -0.05) is 30.3 Å². The number of fused-ring (bicyclic) bond motifs is 1. The van der Waals surface area contributed by atoms with E-state index in [9.17, 15) is 9.90 Å². The highest BCUT2D eigenvalue weighted by molar-refractivity contribution is 5.90. The number of ether oxygens (including phenoxy) is 1. The fraction of sp³-hybridized carbons (Fsp3) is 0.353. The van der Waals surface area contributed by atoms with Crippen molar-refractivity contribution in [2.45, 2.75) is 27.2 Å². The van der Waals surface area contributed by atoms with E-state index in [0.29, 0.717) is 13.0 Å². The second-order valence-electron chi connectivity index (χ2n) is 5.93. The number of esters is 1. The Labute approximate surface area is 119 Å². The number of hydrogen-bond acceptors (Lipinski definition) is 3. The van der Waals surface area contributed by atoms with Gasteiger partial charge in [0, 0.05) is 11.8 Å². The molecule has 0 fully saturated rings. The second kappa shape index (κ2) is 5.53. The summed E-state index contributed by atoms with van der Waals surface area (Å²) in [4.78, 5) is 11.7. The first-order chi connectivity index (χ1) is 9.39. The van der Waals surface area contributed by atoms with Crippen molar-refractivity contribution < 1.29 is 14.6 Å². The number of aromatic hydroxyl groups is 1. The molecule has 0 aliphatic heterocycles. The number of hydrogen-bond donors (Lipinski definition) is 1. The molecule has 0 bridgehead atoms. The van der Waals surface area contributed by atoms with Crippen molar-refractivity contribution in [1.29, 1.82) is 0 Å². The molecule has 0 unspecified atom stereocenters. The van der Waals surface area contributed by atoms with E-state index in [-0.39, 0.29) is 11.7 Å². The van der Waals surface area contributed by atoms with Gasteiger partial charge in [0.25, 0.3) is 0 Å². The van der Waals surface area contributed by atoms with Crippen LogP contribution in [0.5, 0.6) is 5.75 Å². The van der Waals surface area contributed by atoms with Crippen LogP contribution in [0.15, 0.2) is 36.4 Å². The first-order valence-corrected chi connectivity index (χ1v) is 6.76. The van der Waals surface area contributed by atoms with Crippen LogP contribution < -0.4 is 0 Å². The molecule has 0 spiro atoms. The Balaban J connectivity index is 2.11. The SMILES string of the molecule is CC(C)(C)C(=O)OCCc1cccc2c(O)cccc12. The largest absolute Gasteiger partial charge is 0.507 e. The minimum atomic E-state index is -0.475. The third kappa shape index (κ3) is 3.10. The highest BCUT2D eigenvalue weighted by atomic mass is 16.5. The molecule has 0 aromatic heterocycles. The molecular weight excluding hydrogens is 252 g/mol. The molecule has 0 saturated carbocycles. The van der Waals surface area contributed by atoms with E-state index >= 15 is 0 Å². The highest BCUT2D eigenvalue weighted by Gasteiger charge is 2.22. The van der Waals surface area contributed by atoms with Crippen molar-refractivity contribution in [3.8, 4) is 5.75 Å². The van der Waals surface area contributed by atoms with Gasteiger partial charge >= 0.3 is 5.97 Å². The van der Waals surface area contributed by atoms with E-state index in [1.165, 1.54) is 0 Å². The van der Waals surface area contributed by atoms with Gasteiger partial charge < -0.3 is 9.84 Å². The summed E-state index contributed by atoms with van der Waals surface area (Å²) in [6.07, 6.45) is 0.641. The Morgan fingerprint density at radius 1 is 1.10 bits per heavy atom. The minimum Gasteiger partial charge on any atom is -0.507 e. The predicted octanol–water partition coefficient (Wildman–Crippen LogP) is 3.68. The van der Waals surface area contributed by atoms with Gasteiger partial charge in [0.1, 0.15) is 5.75 Å². The van der Waals surface area contributed by atoms with E-state index < -0.39 is 5.41 Å². The average molecular weight is 272 g/mol. The molecule has 0 atom stereocenters. The van der Waals surface area contributed by atoms with Gasteiger partial charge in [-0.25, -0.2) is 0 Å². The van der Waals surface area contributed by atoms with Crippen molar-refractivity contribution in [1.82, 2.24) is 0 Å². The lowest BCUT2D eigenvalue weighted by molar-refractivity contribution is -0.152. The molecule has 0 heterocycles. The summed E-state index contributed by atoms with van der Waals surface area (Å²) in [5.41, 5.74) is 0.594. The maximum atomic E-state index is 11.7. The van der Waals surface area contributed by atoms with Crippen LogP contribution in [0.25, 0.3) is 10.8 Å². The molecule has 20 heavy (non-hydrogen) atoms. The van der Waals surface area contributed by atoms with Gasteiger partial charge in [0.15, 0.2) is 0 Å². The summed E-state index contributed by atoms with van der Waals surface area (Å²) in [5, 5.41) is 11.7. The molecule has 3 nitrogen and oxygen atoms in total. The van der Waals surface area contributed by atoms with Gasteiger partial charge in [-0.2, -0.15) is 0 Å². The van der Waals surface area contributed by atoms with Gasteiger partial charge in [0.2, 0.25) is 0 Å². The minimum absolute atomic E-state index is 0.194. The molecule has 106 valence electrons. The van der Waals surface area contributed by atoms with E-state index in [2.05, 4.69) is 0 Å². The van der Waals surface area contributed by atoms with Crippen LogP contribution >= 0.6 is 0 Å². The normalized spacial score (nSPS) is 11.6. The van der Waals surface area contributed by atoms with Crippen LogP contribution in [0.1, 0.15) is 26.3 Å². The lowest BCUT2D eigenvalue weighted by atomic mass is 9.97. The van der Waals surface area contributed by atoms with Crippen molar-refractivity contribution in [3.05, 3.63) is 42.0 Å². The average Bonchev–Trinajstić information content (AvgIpc) is 2.38. The Hall–Kier alpha value is -2.03. The van der Waals surface area contributed by atoms with Crippen LogP contribution in [-0.4, -0.2) is 17.7 Å². The quantitative estimate of drug-likeness (QED) is 0.867. The summed E-state index contributed by atoms with van der Waals surface area (Å²) in [6, 6.07) is 11.2. The number of carbonyl (C=O) groups excluding carboxylic acids is 1. The molecule has 1 N–H and O–H groups in total. The molecule has 3 heteroatoms. The van der Waals surface area contributed by atoms with Gasteiger partial charge in [0.05, 0.1) is 12.0 Å². The first-order valence-electron chi connectivity index (χ1n) is 6.76. The molecule has 0 aliphatic rings. The Bertz CT molecular complexity index is 624. The lowest BCUT2D eigenvalue weighted by Gasteiger charge is -2.16.